The van der Waals surface area contributed by atoms with Crippen molar-refractivity contribution in [1.29, 1.82) is 0 Å². The Hall–Kier alpha value is -5.07. The average Bonchev–Trinajstić information content (AvgIpc) is 3.24. The maximum atomic E-state index is 14.2. The molecule has 0 fully saturated rings. The summed E-state index contributed by atoms with van der Waals surface area (Å²) in [5.41, 5.74) is 12.1. The van der Waals surface area contributed by atoms with E-state index in [4.69, 9.17) is 25.7 Å². The van der Waals surface area contributed by atoms with Gasteiger partial charge in [0.15, 0.2) is 11.9 Å². The molecule has 3 aromatic carbocycles. The number of nitrogens with one attached hydrogen (secondary N) is 1. The fourth-order valence-electron chi connectivity index (χ4n) is 6.36. The largest absolute Gasteiger partial charge is 0.451 e. The molecule has 0 aliphatic rings. The van der Waals surface area contributed by atoms with Gasteiger partial charge in [0, 0.05) is 0 Å². The van der Waals surface area contributed by atoms with Crippen LogP contribution in [-0.4, -0.2) is 122 Å². The Morgan fingerprint density at radius 1 is 0.726 bits per heavy atom. The molecule has 0 heterocycles. The molecule has 3 aromatic rings. The Labute approximate surface area is 363 Å². The summed E-state index contributed by atoms with van der Waals surface area (Å²) in [6.07, 6.45) is -8.82. The molecule has 1 unspecified atom stereocenters. The monoisotopic (exact) mass is 864 g/mol. The Morgan fingerprint density at radius 2 is 1.21 bits per heavy atom. The number of esters is 1. The van der Waals surface area contributed by atoms with E-state index in [1.165, 1.54) is 12.1 Å². The van der Waals surface area contributed by atoms with Gasteiger partial charge in [-0.25, -0.2) is 9.69 Å². The van der Waals surface area contributed by atoms with Crippen LogP contribution in [0.5, 0.6) is 0 Å². The first-order valence-electron chi connectivity index (χ1n) is 20.6. The number of carbonyl (C=O) groups excluding carboxylic acids is 5. The molecule has 0 aliphatic carbocycles. The van der Waals surface area contributed by atoms with E-state index >= 15 is 0 Å². The summed E-state index contributed by atoms with van der Waals surface area (Å²) in [7, 11) is 0. The number of rotatable bonds is 20. The van der Waals surface area contributed by atoms with Crippen LogP contribution < -0.4 is 16.8 Å². The van der Waals surface area contributed by atoms with E-state index in [9.17, 15) is 44.4 Å². The van der Waals surface area contributed by atoms with Gasteiger partial charge in [-0.1, -0.05) is 111 Å². The summed E-state index contributed by atoms with van der Waals surface area (Å²) >= 11 is 0. The molecule has 3 amide bonds. The minimum Gasteiger partial charge on any atom is -0.451 e. The molecule has 62 heavy (non-hydrogen) atoms. The highest BCUT2D eigenvalue weighted by Crippen LogP contribution is 2.30. The van der Waals surface area contributed by atoms with Gasteiger partial charge in [0.05, 0.1) is 36.8 Å². The second-order valence-corrected chi connectivity index (χ2v) is 17.2. The highest BCUT2D eigenvalue weighted by molar-refractivity contribution is 6.00. The molecule has 16 heteroatoms. The normalized spacial score (nSPS) is 16.4. The molecule has 0 radical (unpaired) electrons. The Bertz CT molecular complexity index is 1870. The molecule has 3 rings (SSSR count). The van der Waals surface area contributed by atoms with E-state index in [-0.39, 0.29) is 5.56 Å². The number of amides is 3. The van der Waals surface area contributed by atoms with Crippen LogP contribution >= 0.6 is 0 Å². The number of hydrogen-bond acceptors (Lipinski definition) is 14. The zero-order valence-electron chi connectivity index (χ0n) is 36.7. The zero-order valence-corrected chi connectivity index (χ0v) is 36.7. The number of ether oxygens (including phenoxy) is 3. The van der Waals surface area contributed by atoms with Crippen molar-refractivity contribution in [3.63, 3.8) is 0 Å². The molecule has 0 aromatic heterocycles. The summed E-state index contributed by atoms with van der Waals surface area (Å²) in [6, 6.07) is 18.8. The fraction of sp³-hybridized carbons (Fsp3) is 0.500. The molecule has 9 N–H and O–H groups in total. The van der Waals surface area contributed by atoms with Gasteiger partial charge in [0.1, 0.15) is 36.0 Å². The van der Waals surface area contributed by atoms with E-state index < -0.39 is 114 Å². The number of benzene rings is 3. The molecule has 340 valence electrons. The average molecular weight is 865 g/mol. The number of nitrogens with zero attached hydrogens (tertiary/aromatic N) is 1. The molecule has 16 nitrogen and oxygen atoms in total. The predicted molar refractivity (Wildman–Crippen MR) is 230 cm³/mol. The molecule has 0 bridgehead atoms. The first-order chi connectivity index (χ1) is 29.0. The van der Waals surface area contributed by atoms with Crippen molar-refractivity contribution < 1.29 is 58.6 Å². The lowest BCUT2D eigenvalue weighted by Gasteiger charge is -2.36. The number of Topliss-reactive ketones (excluding diaryl/α,β-unsaturated/α-hetero) is 1. The number of nitrogens with two attached hydrogens (primary N) is 2. The van der Waals surface area contributed by atoms with Gasteiger partial charge in [-0.3, -0.25) is 19.2 Å². The number of hydrogen-bond donors (Lipinski definition) is 7. The van der Waals surface area contributed by atoms with Crippen molar-refractivity contribution in [2.24, 2.45) is 17.4 Å². The van der Waals surface area contributed by atoms with E-state index in [0.717, 1.165) is 0 Å². The smallest absolute Gasteiger partial charge is 0.417 e. The van der Waals surface area contributed by atoms with Crippen LogP contribution in [0.3, 0.4) is 0 Å². The Balaban J connectivity index is 1.96. The number of aliphatic hydroxyl groups is 4. The first-order valence-corrected chi connectivity index (χ1v) is 20.6. The summed E-state index contributed by atoms with van der Waals surface area (Å²) < 4.78 is 17.3. The van der Waals surface area contributed by atoms with Gasteiger partial charge in [-0.15, -0.1) is 0 Å². The number of carbonyl (C=O) groups is 5. The van der Waals surface area contributed by atoms with Gasteiger partial charge >= 0.3 is 12.1 Å². The second kappa shape index (κ2) is 22.9. The van der Waals surface area contributed by atoms with Gasteiger partial charge in [-0.05, 0) is 64.2 Å². The lowest BCUT2D eigenvalue weighted by Crippen LogP contribution is -2.63. The van der Waals surface area contributed by atoms with E-state index in [0.29, 0.717) is 22.4 Å². The van der Waals surface area contributed by atoms with E-state index in [1.54, 1.807) is 134 Å². The number of ketones is 1. The van der Waals surface area contributed by atoms with E-state index in [1.807, 2.05) is 0 Å². The maximum Gasteiger partial charge on any atom is 0.417 e. The third kappa shape index (κ3) is 14.2. The van der Waals surface area contributed by atoms with Crippen molar-refractivity contribution in [3.05, 3.63) is 108 Å². The van der Waals surface area contributed by atoms with Gasteiger partial charge < -0.3 is 51.4 Å². The predicted octanol–water partition coefficient (Wildman–Crippen LogP) is 2.88. The van der Waals surface area contributed by atoms with Crippen LogP contribution in [0.2, 0.25) is 0 Å². The Kier molecular flexibility index (Phi) is 18.9. The molecular formula is C46H64N4O12. The quantitative estimate of drug-likeness (QED) is 0.0807. The standard InChI is InChI=1S/C46H64N4O12/c1-9-27(2)34(47)42(57)50(44(59)62-46(6,7)8)32(26-60-45(3,4)5)41(56)49-31(25-51)36(52)38(54)39(55)37(53)33(28-19-13-10-14-20-28)35(48)43(58)61-40(29-21-15-11-16-22-29)30-23-17-12-18-24-30/h10-24,27,31-36,38-40,51-52,54-55H,9,25-26,47-48H2,1-8H3,(H,49,56)/t27-,31-,32-,33?,34-,35-,36+,38+,39+/m0/s1. The first kappa shape index (κ1) is 51.3. The maximum absolute atomic E-state index is 14.2. The van der Waals surface area contributed by atoms with Gasteiger partial charge in [0.2, 0.25) is 11.8 Å². The van der Waals surface area contributed by atoms with E-state index in [2.05, 4.69) is 5.32 Å². The van der Waals surface area contributed by atoms with Crippen LogP contribution in [-0.2, 0) is 33.4 Å². The summed E-state index contributed by atoms with van der Waals surface area (Å²) in [6.45, 7) is 11.5. The number of aliphatic hydroxyl groups excluding tert-OH is 4. The van der Waals surface area contributed by atoms with Crippen molar-refractivity contribution in [1.82, 2.24) is 10.2 Å². The highest BCUT2D eigenvalue weighted by Gasteiger charge is 2.45. The SMILES string of the molecule is CC[C@H](C)[C@H](N)C(=O)N(C(=O)OC(C)(C)C)[C@@H](COC(C)(C)C)C(=O)N[C@@H](CO)[C@@H](O)[C@@H](O)[C@H](O)C(=O)C(c1ccccc1)[C@H](N)C(=O)OC(c1ccccc1)c1ccccc1. The topological polar surface area (TPSA) is 261 Å². The molecule has 9 atom stereocenters. The molecule has 0 saturated carbocycles. The van der Waals surface area contributed by atoms with Crippen molar-refractivity contribution in [2.45, 2.75) is 128 Å². The molecule has 0 saturated heterocycles. The van der Waals surface area contributed by atoms with Crippen LogP contribution in [0.4, 0.5) is 4.79 Å². The third-order valence-corrected chi connectivity index (χ3v) is 10.1. The molecule has 0 aliphatic heterocycles. The van der Waals surface area contributed by atoms with Gasteiger partial charge in [-0.2, -0.15) is 0 Å². The molecule has 0 spiro atoms. The third-order valence-electron chi connectivity index (χ3n) is 10.1. The summed E-state index contributed by atoms with van der Waals surface area (Å²) in [4.78, 5) is 70.3. The fourth-order valence-corrected chi connectivity index (χ4v) is 6.36. The van der Waals surface area contributed by atoms with Crippen molar-refractivity contribution >= 4 is 29.7 Å². The van der Waals surface area contributed by atoms with Gasteiger partial charge in [0.25, 0.3) is 0 Å². The Morgan fingerprint density at radius 3 is 1.65 bits per heavy atom. The molecular weight excluding hydrogens is 801 g/mol. The minimum absolute atomic E-state index is 0.176. The minimum atomic E-state index is -2.45. The summed E-state index contributed by atoms with van der Waals surface area (Å²) in [5.74, 6) is -6.39. The number of imide groups is 1. The van der Waals surface area contributed by atoms with Crippen LogP contribution in [0.15, 0.2) is 91.0 Å². The van der Waals surface area contributed by atoms with Crippen molar-refractivity contribution in [2.75, 3.05) is 13.2 Å². The van der Waals surface area contributed by atoms with Crippen molar-refractivity contribution in [3.8, 4) is 0 Å². The van der Waals surface area contributed by atoms with Crippen LogP contribution in [0, 0.1) is 5.92 Å². The lowest BCUT2D eigenvalue weighted by molar-refractivity contribution is -0.154. The zero-order chi connectivity index (χ0) is 46.5. The highest BCUT2D eigenvalue weighted by atomic mass is 16.6. The summed E-state index contributed by atoms with van der Waals surface area (Å²) in [5, 5.41) is 46.8. The lowest BCUT2D eigenvalue weighted by atomic mass is 9.83. The van der Waals surface area contributed by atoms with Crippen LogP contribution in [0.25, 0.3) is 0 Å². The second-order valence-electron chi connectivity index (χ2n) is 17.2. The van der Waals surface area contributed by atoms with Crippen LogP contribution in [0.1, 0.15) is 90.5 Å².